The minimum atomic E-state index is -0.965. The van der Waals surface area contributed by atoms with Gasteiger partial charge in [0.1, 0.15) is 12.4 Å². The number of rotatable bonds is 6. The van der Waals surface area contributed by atoms with Gasteiger partial charge in [-0.15, -0.1) is 0 Å². The normalized spacial score (nSPS) is 11.0. The predicted molar refractivity (Wildman–Crippen MR) is 117 cm³/mol. The third-order valence-electron chi connectivity index (χ3n) is 5.08. The first-order valence-electron chi connectivity index (χ1n) is 9.45. The van der Waals surface area contributed by atoms with E-state index in [2.05, 4.69) is 11.1 Å². The van der Waals surface area contributed by atoms with Gasteiger partial charge in [0.05, 0.1) is 6.42 Å². The predicted octanol–water partition coefficient (Wildman–Crippen LogP) is 5.71. The quantitative estimate of drug-likeness (QED) is 0.372. The maximum Gasteiger partial charge on any atom is 0.309 e. The summed E-state index contributed by atoms with van der Waals surface area (Å²) in [5, 5.41) is 21.0. The zero-order chi connectivity index (χ0) is 21.3. The van der Waals surface area contributed by atoms with Gasteiger partial charge in [0, 0.05) is 21.5 Å². The van der Waals surface area contributed by atoms with E-state index in [-0.39, 0.29) is 12.3 Å². The van der Waals surface area contributed by atoms with Crippen molar-refractivity contribution in [2.45, 2.75) is 20.0 Å². The highest BCUT2D eigenvalue weighted by Crippen LogP contribution is 2.32. The maximum atomic E-state index is 11.0. The second kappa shape index (κ2) is 8.13. The lowest BCUT2D eigenvalue weighted by Crippen LogP contribution is -2.00. The largest absolute Gasteiger partial charge is 0.494 e. The van der Waals surface area contributed by atoms with Gasteiger partial charge in [-0.1, -0.05) is 41.9 Å². The summed E-state index contributed by atoms with van der Waals surface area (Å²) in [4.78, 5) is 13.7. The lowest BCUT2D eigenvalue weighted by atomic mass is 9.99. The summed E-state index contributed by atoms with van der Waals surface area (Å²) in [6, 6.07) is 19.2. The molecular formula is C24H20ClNO4. The smallest absolute Gasteiger partial charge is 0.309 e. The van der Waals surface area contributed by atoms with Crippen LogP contribution in [0, 0.1) is 6.92 Å². The maximum absolute atomic E-state index is 11.0. The highest BCUT2D eigenvalue weighted by Gasteiger charge is 2.13. The molecule has 3 aromatic carbocycles. The number of carboxylic acid groups (broad SMARTS) is 1. The van der Waals surface area contributed by atoms with Crippen LogP contribution < -0.4 is 4.74 Å². The summed E-state index contributed by atoms with van der Waals surface area (Å²) in [5.41, 5.74) is 4.63. The van der Waals surface area contributed by atoms with E-state index in [1.807, 2.05) is 43.3 Å². The molecule has 0 aliphatic carbocycles. The third kappa shape index (κ3) is 3.98. The molecule has 0 radical (unpaired) electrons. The number of aromatic hydroxyl groups is 1. The number of hydrogen-bond donors (Lipinski definition) is 3. The molecule has 152 valence electrons. The van der Waals surface area contributed by atoms with Gasteiger partial charge in [-0.2, -0.15) is 0 Å². The van der Waals surface area contributed by atoms with E-state index in [0.29, 0.717) is 28.8 Å². The van der Waals surface area contributed by atoms with Crippen molar-refractivity contribution in [2.75, 3.05) is 0 Å². The van der Waals surface area contributed by atoms with E-state index < -0.39 is 5.97 Å². The molecule has 0 aliphatic rings. The number of fused-ring (bicyclic) bond motifs is 1. The molecule has 0 unspecified atom stereocenters. The molecule has 0 spiro atoms. The molecular weight excluding hydrogens is 402 g/mol. The standard InChI is InChI=1S/C24H20ClNO4/c1-14-18(6-3-7-21(14)25)16-5-2-4-15(10-16)13-30-17-8-9-19-20(11-17)24(29)26-22(19)12-23(27)28/h2-11,26,29H,12-13H2,1H3,(H,27,28). The highest BCUT2D eigenvalue weighted by atomic mass is 35.5. The van der Waals surface area contributed by atoms with Gasteiger partial charge >= 0.3 is 5.97 Å². The van der Waals surface area contributed by atoms with Crippen LogP contribution in [0.25, 0.3) is 21.9 Å². The molecule has 1 heterocycles. The zero-order valence-electron chi connectivity index (χ0n) is 16.3. The van der Waals surface area contributed by atoms with Gasteiger partial charge in [0.25, 0.3) is 0 Å². The Labute approximate surface area is 178 Å². The minimum Gasteiger partial charge on any atom is -0.494 e. The Morgan fingerprint density at radius 3 is 2.67 bits per heavy atom. The molecule has 0 fully saturated rings. The molecule has 4 aromatic rings. The molecule has 0 amide bonds. The molecule has 30 heavy (non-hydrogen) atoms. The van der Waals surface area contributed by atoms with Crippen LogP contribution in [0.2, 0.25) is 5.02 Å². The number of hydrogen-bond acceptors (Lipinski definition) is 3. The number of H-pyrrole nitrogens is 1. The second-order valence-electron chi connectivity index (χ2n) is 7.13. The summed E-state index contributed by atoms with van der Waals surface area (Å²) in [6.07, 6.45) is -0.188. The Balaban J connectivity index is 1.55. The van der Waals surface area contributed by atoms with Gasteiger partial charge < -0.3 is 19.9 Å². The summed E-state index contributed by atoms with van der Waals surface area (Å²) in [5.74, 6) is -0.443. The van der Waals surface area contributed by atoms with Crippen LogP contribution in [0.4, 0.5) is 0 Å². The Hall–Kier alpha value is -3.44. The van der Waals surface area contributed by atoms with Gasteiger partial charge in [-0.05, 0) is 59.5 Å². The molecule has 0 saturated heterocycles. The Bertz CT molecular complexity index is 1250. The van der Waals surface area contributed by atoms with Crippen LogP contribution >= 0.6 is 11.6 Å². The van der Waals surface area contributed by atoms with E-state index in [0.717, 1.165) is 27.3 Å². The Morgan fingerprint density at radius 1 is 1.07 bits per heavy atom. The number of ether oxygens (including phenoxy) is 1. The number of carbonyl (C=O) groups is 1. The number of halogens is 1. The van der Waals surface area contributed by atoms with E-state index in [1.165, 1.54) is 0 Å². The summed E-state index contributed by atoms with van der Waals surface area (Å²) in [7, 11) is 0. The monoisotopic (exact) mass is 421 g/mol. The van der Waals surface area contributed by atoms with Crippen molar-refractivity contribution < 1.29 is 19.7 Å². The van der Waals surface area contributed by atoms with Crippen LogP contribution in [-0.2, 0) is 17.8 Å². The fraction of sp³-hybridized carbons (Fsp3) is 0.125. The fourth-order valence-electron chi connectivity index (χ4n) is 3.56. The number of nitrogens with one attached hydrogen (secondary N) is 1. The molecule has 0 aliphatic heterocycles. The first-order valence-corrected chi connectivity index (χ1v) is 9.83. The molecule has 0 saturated carbocycles. The highest BCUT2D eigenvalue weighted by molar-refractivity contribution is 6.31. The van der Waals surface area contributed by atoms with E-state index in [1.54, 1.807) is 18.2 Å². The minimum absolute atomic E-state index is 0.0647. The van der Waals surface area contributed by atoms with Gasteiger partial charge in [-0.25, -0.2) is 0 Å². The molecule has 0 bridgehead atoms. The van der Waals surface area contributed by atoms with Crippen molar-refractivity contribution in [3.63, 3.8) is 0 Å². The first kappa shape index (κ1) is 19.9. The van der Waals surface area contributed by atoms with Crippen molar-refractivity contribution in [3.8, 4) is 22.8 Å². The zero-order valence-corrected chi connectivity index (χ0v) is 17.0. The number of aromatic amines is 1. The van der Waals surface area contributed by atoms with E-state index >= 15 is 0 Å². The molecule has 0 atom stereocenters. The van der Waals surface area contributed by atoms with Crippen molar-refractivity contribution in [3.05, 3.63) is 82.5 Å². The van der Waals surface area contributed by atoms with Crippen molar-refractivity contribution in [1.29, 1.82) is 0 Å². The lowest BCUT2D eigenvalue weighted by Gasteiger charge is -2.11. The van der Waals surface area contributed by atoms with Crippen LogP contribution in [0.3, 0.4) is 0 Å². The summed E-state index contributed by atoms with van der Waals surface area (Å²) >= 11 is 6.25. The van der Waals surface area contributed by atoms with Gasteiger partial charge in [0.2, 0.25) is 0 Å². The SMILES string of the molecule is Cc1c(Cl)cccc1-c1cccc(COc2ccc3c(CC(=O)O)[nH]c(O)c3c2)c1. The van der Waals surface area contributed by atoms with Crippen LogP contribution in [-0.4, -0.2) is 21.2 Å². The van der Waals surface area contributed by atoms with Crippen LogP contribution in [0.1, 0.15) is 16.8 Å². The van der Waals surface area contributed by atoms with E-state index in [9.17, 15) is 9.90 Å². The Kier molecular flexibility index (Phi) is 5.38. The van der Waals surface area contributed by atoms with Crippen molar-refractivity contribution >= 4 is 28.3 Å². The van der Waals surface area contributed by atoms with Crippen molar-refractivity contribution in [2.24, 2.45) is 0 Å². The van der Waals surface area contributed by atoms with Crippen LogP contribution in [0.15, 0.2) is 60.7 Å². The van der Waals surface area contributed by atoms with Gasteiger partial charge in [-0.3, -0.25) is 4.79 Å². The van der Waals surface area contributed by atoms with E-state index in [4.69, 9.17) is 21.4 Å². The third-order valence-corrected chi connectivity index (χ3v) is 5.49. The second-order valence-corrected chi connectivity index (χ2v) is 7.54. The summed E-state index contributed by atoms with van der Waals surface area (Å²) in [6.45, 7) is 2.35. The summed E-state index contributed by atoms with van der Waals surface area (Å²) < 4.78 is 5.92. The first-order chi connectivity index (χ1) is 14.4. The molecule has 1 aromatic heterocycles. The molecule has 3 N–H and O–H groups in total. The van der Waals surface area contributed by atoms with Gasteiger partial charge in [0.15, 0.2) is 5.88 Å². The molecule has 4 rings (SSSR count). The number of carboxylic acids is 1. The number of aliphatic carboxylic acids is 1. The number of aromatic nitrogens is 1. The lowest BCUT2D eigenvalue weighted by molar-refractivity contribution is -0.136. The molecule has 6 heteroatoms. The number of benzene rings is 3. The van der Waals surface area contributed by atoms with Crippen LogP contribution in [0.5, 0.6) is 11.6 Å². The average Bonchev–Trinajstić information content (AvgIpc) is 3.03. The average molecular weight is 422 g/mol. The Morgan fingerprint density at radius 2 is 1.87 bits per heavy atom. The van der Waals surface area contributed by atoms with Crippen molar-refractivity contribution in [1.82, 2.24) is 4.98 Å². The topological polar surface area (TPSA) is 82.5 Å². The molecule has 5 nitrogen and oxygen atoms in total. The fourth-order valence-corrected chi connectivity index (χ4v) is 3.73.